The molecule has 4 rings (SSSR count). The first kappa shape index (κ1) is 20.0. The number of carbonyl (C=O) groups excluding carboxylic acids is 2. The number of anilines is 1. The first-order valence-electron chi connectivity index (χ1n) is 8.98. The van der Waals surface area contributed by atoms with E-state index in [9.17, 15) is 9.59 Å². The molecule has 0 spiro atoms. The van der Waals surface area contributed by atoms with Crippen molar-refractivity contribution in [2.75, 3.05) is 11.9 Å². The van der Waals surface area contributed by atoms with E-state index >= 15 is 0 Å². The molecular formula is C20H16BrClN4O2S. The van der Waals surface area contributed by atoms with Crippen LogP contribution in [0.5, 0.6) is 0 Å². The maximum atomic E-state index is 12.8. The number of hydrogen-bond acceptors (Lipinski definition) is 5. The second kappa shape index (κ2) is 8.61. The normalized spacial score (nSPS) is 16.1. The maximum Gasteiger partial charge on any atom is 0.254 e. The van der Waals surface area contributed by atoms with Gasteiger partial charge in [0.1, 0.15) is 11.0 Å². The Balaban J connectivity index is 1.45. The van der Waals surface area contributed by atoms with E-state index in [1.54, 1.807) is 29.2 Å². The van der Waals surface area contributed by atoms with Crippen molar-refractivity contribution in [1.29, 1.82) is 0 Å². The zero-order valence-corrected chi connectivity index (χ0v) is 18.3. The van der Waals surface area contributed by atoms with Crippen molar-refractivity contribution in [2.45, 2.75) is 18.9 Å². The molecule has 2 amide bonds. The minimum absolute atomic E-state index is 0.144. The van der Waals surface area contributed by atoms with Crippen LogP contribution in [0.15, 0.2) is 53.0 Å². The smallest absolute Gasteiger partial charge is 0.254 e. The molecule has 9 heteroatoms. The standard InChI is InChI=1S/C20H16BrClN4O2S/c21-14-7-3-13(4-8-14)19(28)26-11-1-2-16(26)17(27)23-20-25-24-18(29-20)12-5-9-15(22)10-6-12/h3-10,16H,1-2,11H2,(H,23,25,27). The van der Waals surface area contributed by atoms with E-state index in [1.165, 1.54) is 11.3 Å². The minimum Gasteiger partial charge on any atom is -0.327 e. The van der Waals surface area contributed by atoms with Crippen LogP contribution >= 0.6 is 38.9 Å². The molecule has 0 saturated carbocycles. The summed E-state index contributed by atoms with van der Waals surface area (Å²) in [6.45, 7) is 0.555. The fourth-order valence-electron chi connectivity index (χ4n) is 3.21. The number of amides is 2. The molecular weight excluding hydrogens is 476 g/mol. The Bertz CT molecular complexity index is 1040. The third-order valence-electron chi connectivity index (χ3n) is 4.65. The predicted molar refractivity (Wildman–Crippen MR) is 117 cm³/mol. The third-order valence-corrected chi connectivity index (χ3v) is 6.32. The Labute approximate surface area is 185 Å². The van der Waals surface area contributed by atoms with Crippen LogP contribution in [0.2, 0.25) is 5.02 Å². The van der Waals surface area contributed by atoms with Crippen LogP contribution in [0.4, 0.5) is 5.13 Å². The number of carbonyl (C=O) groups is 2. The van der Waals surface area contributed by atoms with E-state index < -0.39 is 6.04 Å². The van der Waals surface area contributed by atoms with E-state index in [0.29, 0.717) is 33.7 Å². The van der Waals surface area contributed by atoms with Gasteiger partial charge in [-0.15, -0.1) is 10.2 Å². The first-order chi connectivity index (χ1) is 14.0. The van der Waals surface area contributed by atoms with Gasteiger partial charge in [-0.05, 0) is 49.2 Å². The first-order valence-corrected chi connectivity index (χ1v) is 11.0. The van der Waals surface area contributed by atoms with Crippen LogP contribution in [-0.4, -0.2) is 39.5 Å². The summed E-state index contributed by atoms with van der Waals surface area (Å²) in [7, 11) is 0. The Hall–Kier alpha value is -2.29. The molecule has 2 heterocycles. The highest BCUT2D eigenvalue weighted by Crippen LogP contribution is 2.28. The SMILES string of the molecule is O=C(Nc1nnc(-c2ccc(Cl)cc2)s1)C1CCCN1C(=O)c1ccc(Br)cc1. The van der Waals surface area contributed by atoms with Crippen molar-refractivity contribution >= 4 is 55.8 Å². The van der Waals surface area contributed by atoms with Crippen LogP contribution in [-0.2, 0) is 4.79 Å². The summed E-state index contributed by atoms with van der Waals surface area (Å²) in [5.74, 6) is -0.388. The van der Waals surface area contributed by atoms with Gasteiger partial charge in [0.2, 0.25) is 11.0 Å². The molecule has 0 radical (unpaired) electrons. The Morgan fingerprint density at radius 1 is 1.10 bits per heavy atom. The fraction of sp³-hybridized carbons (Fsp3) is 0.200. The van der Waals surface area contributed by atoms with Gasteiger partial charge < -0.3 is 4.90 Å². The second-order valence-electron chi connectivity index (χ2n) is 6.57. The topological polar surface area (TPSA) is 75.2 Å². The molecule has 1 N–H and O–H groups in total. The molecule has 1 aliphatic heterocycles. The molecule has 0 aliphatic carbocycles. The van der Waals surface area contributed by atoms with Gasteiger partial charge in [0.25, 0.3) is 5.91 Å². The van der Waals surface area contributed by atoms with Crippen LogP contribution in [0.25, 0.3) is 10.6 Å². The van der Waals surface area contributed by atoms with Crippen molar-refractivity contribution in [1.82, 2.24) is 15.1 Å². The van der Waals surface area contributed by atoms with E-state index in [2.05, 4.69) is 31.4 Å². The molecule has 2 aromatic carbocycles. The number of likely N-dealkylation sites (tertiary alicyclic amines) is 1. The summed E-state index contributed by atoms with van der Waals surface area (Å²) < 4.78 is 0.900. The van der Waals surface area contributed by atoms with Crippen LogP contribution < -0.4 is 5.32 Å². The second-order valence-corrected chi connectivity index (χ2v) is 8.90. The van der Waals surface area contributed by atoms with Gasteiger partial charge in [-0.25, -0.2) is 0 Å². The van der Waals surface area contributed by atoms with Crippen molar-refractivity contribution in [3.63, 3.8) is 0 Å². The fourth-order valence-corrected chi connectivity index (χ4v) is 4.35. The van der Waals surface area contributed by atoms with Gasteiger partial charge in [-0.3, -0.25) is 14.9 Å². The van der Waals surface area contributed by atoms with Crippen LogP contribution in [0, 0.1) is 0 Å². The largest absolute Gasteiger partial charge is 0.327 e. The average molecular weight is 492 g/mol. The number of nitrogens with one attached hydrogen (secondary N) is 1. The summed E-state index contributed by atoms with van der Waals surface area (Å²) in [4.78, 5) is 27.3. The molecule has 1 aliphatic rings. The predicted octanol–water partition coefficient (Wildman–Crippen LogP) is 4.86. The molecule has 6 nitrogen and oxygen atoms in total. The van der Waals surface area contributed by atoms with Gasteiger partial charge in [0.05, 0.1) is 0 Å². The van der Waals surface area contributed by atoms with E-state index in [4.69, 9.17) is 11.6 Å². The van der Waals surface area contributed by atoms with Crippen molar-refractivity contribution in [2.24, 2.45) is 0 Å². The van der Waals surface area contributed by atoms with Gasteiger partial charge in [0, 0.05) is 27.2 Å². The van der Waals surface area contributed by atoms with Gasteiger partial charge >= 0.3 is 0 Å². The zero-order valence-electron chi connectivity index (χ0n) is 15.1. The number of rotatable bonds is 4. The third kappa shape index (κ3) is 4.49. The molecule has 3 aromatic rings. The lowest BCUT2D eigenvalue weighted by Crippen LogP contribution is -2.43. The zero-order chi connectivity index (χ0) is 20.4. The molecule has 1 unspecified atom stereocenters. The molecule has 148 valence electrons. The van der Waals surface area contributed by atoms with Gasteiger partial charge in [0.15, 0.2) is 0 Å². The van der Waals surface area contributed by atoms with E-state index in [0.717, 1.165) is 16.5 Å². The molecule has 0 bridgehead atoms. The molecule has 29 heavy (non-hydrogen) atoms. The Morgan fingerprint density at radius 2 is 1.83 bits per heavy atom. The number of nitrogens with zero attached hydrogens (tertiary/aromatic N) is 3. The maximum absolute atomic E-state index is 12.8. The monoisotopic (exact) mass is 490 g/mol. The average Bonchev–Trinajstić information content (AvgIpc) is 3.38. The highest BCUT2D eigenvalue weighted by molar-refractivity contribution is 9.10. The Kier molecular flexibility index (Phi) is 5.94. The van der Waals surface area contributed by atoms with Crippen molar-refractivity contribution in [3.8, 4) is 10.6 Å². The number of hydrogen-bond donors (Lipinski definition) is 1. The molecule has 1 fully saturated rings. The summed E-state index contributed by atoms with van der Waals surface area (Å²) in [6, 6.07) is 13.9. The highest BCUT2D eigenvalue weighted by Gasteiger charge is 2.35. The summed E-state index contributed by atoms with van der Waals surface area (Å²) in [5, 5.41) is 12.7. The van der Waals surface area contributed by atoms with Crippen molar-refractivity contribution in [3.05, 3.63) is 63.6 Å². The lowest BCUT2D eigenvalue weighted by Gasteiger charge is -2.23. The highest BCUT2D eigenvalue weighted by atomic mass is 79.9. The lowest BCUT2D eigenvalue weighted by molar-refractivity contribution is -0.119. The Morgan fingerprint density at radius 3 is 2.55 bits per heavy atom. The lowest BCUT2D eigenvalue weighted by atomic mass is 10.1. The van der Waals surface area contributed by atoms with Crippen LogP contribution in [0.1, 0.15) is 23.2 Å². The summed E-state index contributed by atoms with van der Waals surface area (Å²) >= 11 is 10.6. The van der Waals surface area contributed by atoms with Gasteiger partial charge in [-0.1, -0.05) is 51.0 Å². The number of benzene rings is 2. The molecule has 1 atom stereocenters. The van der Waals surface area contributed by atoms with Crippen molar-refractivity contribution < 1.29 is 9.59 Å². The number of aromatic nitrogens is 2. The minimum atomic E-state index is -0.519. The summed E-state index contributed by atoms with van der Waals surface area (Å²) in [6.07, 6.45) is 1.41. The van der Waals surface area contributed by atoms with Crippen LogP contribution in [0.3, 0.4) is 0 Å². The van der Waals surface area contributed by atoms with E-state index in [1.807, 2.05) is 24.3 Å². The summed E-state index contributed by atoms with van der Waals surface area (Å²) in [5.41, 5.74) is 1.44. The quantitative estimate of drug-likeness (QED) is 0.565. The number of halogens is 2. The van der Waals surface area contributed by atoms with E-state index in [-0.39, 0.29) is 11.8 Å². The molecule has 1 aromatic heterocycles. The molecule has 1 saturated heterocycles. The van der Waals surface area contributed by atoms with Gasteiger partial charge in [-0.2, -0.15) is 0 Å².